The van der Waals surface area contributed by atoms with E-state index in [0.29, 0.717) is 5.56 Å². The highest BCUT2D eigenvalue weighted by Gasteiger charge is 2.34. The topological polar surface area (TPSA) is 134 Å². The lowest BCUT2D eigenvalue weighted by Crippen LogP contribution is -2.20. The highest BCUT2D eigenvalue weighted by molar-refractivity contribution is 7.88. The maximum Gasteiger partial charge on any atom is 0.343 e. The van der Waals surface area contributed by atoms with E-state index in [1.54, 1.807) is 30.3 Å². The third kappa shape index (κ3) is 3.50. The molecule has 8 nitrogen and oxygen atoms in total. The molecule has 0 saturated carbocycles. The van der Waals surface area contributed by atoms with Crippen LogP contribution >= 0.6 is 0 Å². The first-order valence-electron chi connectivity index (χ1n) is 6.12. The van der Waals surface area contributed by atoms with Crippen LogP contribution in [-0.4, -0.2) is 19.1 Å². The molecule has 1 aliphatic rings. The van der Waals surface area contributed by atoms with E-state index < -0.39 is 15.0 Å². The van der Waals surface area contributed by atoms with Crippen molar-refractivity contribution >= 4 is 21.5 Å². The molecule has 116 valence electrons. The van der Waals surface area contributed by atoms with Gasteiger partial charge in [0.2, 0.25) is 0 Å². The van der Waals surface area contributed by atoms with E-state index in [1.165, 1.54) is 0 Å². The number of nitro benzene ring substituents is 1. The van der Waals surface area contributed by atoms with Crippen molar-refractivity contribution in [1.82, 2.24) is 0 Å². The summed E-state index contributed by atoms with van der Waals surface area (Å²) in [5.41, 5.74) is 0.499. The zero-order chi connectivity index (χ0) is 17.0. The lowest BCUT2D eigenvalue weighted by Gasteiger charge is -2.17. The largest absolute Gasteiger partial charge is 0.377 e. The lowest BCUT2D eigenvalue weighted by atomic mass is 10.1. The molecule has 0 fully saturated rings. The summed E-state index contributed by atoms with van der Waals surface area (Å²) in [5.74, 6) is 0.0363. The molecule has 1 heterocycles. The van der Waals surface area contributed by atoms with Crippen LogP contribution in [0.2, 0.25) is 0 Å². The van der Waals surface area contributed by atoms with Gasteiger partial charge in [0.15, 0.2) is 5.75 Å². The molecule has 0 bridgehead atoms. The van der Waals surface area contributed by atoms with Gasteiger partial charge in [0.25, 0.3) is 5.69 Å². The highest BCUT2D eigenvalue weighted by Crippen LogP contribution is 2.38. The van der Waals surface area contributed by atoms with Gasteiger partial charge in [-0.15, -0.1) is 0 Å². The molecule has 0 aromatic heterocycles. The maximum atomic E-state index is 10.8. The maximum absolute atomic E-state index is 10.8. The average Bonchev–Trinajstić information content (AvgIpc) is 2.54. The number of nitro groups is 1. The minimum absolute atomic E-state index is 0.00176. The van der Waals surface area contributed by atoms with Gasteiger partial charge in [0, 0.05) is 11.6 Å². The zero-order valence-corrected chi connectivity index (χ0v) is 12.3. The molecule has 3 rings (SSSR count). The molecular weight excluding hydrogens is 322 g/mol. The number of hydrogen-bond acceptors (Lipinski definition) is 7. The summed E-state index contributed by atoms with van der Waals surface area (Å²) in [4.78, 5) is 9.63. The predicted molar refractivity (Wildman–Crippen MR) is 79.8 cm³/mol. The molecule has 2 aromatic carbocycles. The Labute approximate surface area is 131 Å². The number of non-ortho nitro benzene ring substituents is 1. The Hall–Kier alpha value is -3.25. The van der Waals surface area contributed by atoms with Crippen molar-refractivity contribution in [2.45, 2.75) is 4.90 Å². The van der Waals surface area contributed by atoms with Gasteiger partial charge in [-0.1, -0.05) is 30.3 Å². The summed E-state index contributed by atoms with van der Waals surface area (Å²) >= 11 is 0. The second kappa shape index (κ2) is 6.25. The van der Waals surface area contributed by atoms with Gasteiger partial charge in [-0.2, -0.15) is 13.7 Å². The van der Waals surface area contributed by atoms with Crippen molar-refractivity contribution in [1.29, 1.82) is 10.7 Å². The summed E-state index contributed by atoms with van der Waals surface area (Å²) in [5, 5.41) is 25.7. The minimum Gasteiger partial charge on any atom is -0.377 e. The van der Waals surface area contributed by atoms with Crippen molar-refractivity contribution in [2.75, 3.05) is 0 Å². The molecule has 9 heteroatoms. The second-order valence-corrected chi connectivity index (χ2v) is 5.79. The smallest absolute Gasteiger partial charge is 0.343 e. The number of rotatable bonds is 2. The number of benzene rings is 2. The molecule has 0 radical (unpaired) electrons. The van der Waals surface area contributed by atoms with Gasteiger partial charge in [-0.3, -0.25) is 15.5 Å². The van der Waals surface area contributed by atoms with Crippen LogP contribution in [-0.2, 0) is 10.1 Å². The summed E-state index contributed by atoms with van der Waals surface area (Å²) in [6.45, 7) is 0. The van der Waals surface area contributed by atoms with Crippen LogP contribution in [0, 0.1) is 26.9 Å². The van der Waals surface area contributed by atoms with E-state index in [9.17, 15) is 18.5 Å². The van der Waals surface area contributed by atoms with Crippen molar-refractivity contribution in [3.63, 3.8) is 0 Å². The van der Waals surface area contributed by atoms with E-state index in [2.05, 4.69) is 4.18 Å². The Bertz CT molecular complexity index is 917. The van der Waals surface area contributed by atoms with Crippen molar-refractivity contribution in [3.8, 4) is 11.8 Å². The molecule has 0 unspecified atom stereocenters. The van der Waals surface area contributed by atoms with Crippen LogP contribution in [0.3, 0.4) is 0 Å². The van der Waals surface area contributed by atoms with E-state index in [4.69, 9.17) is 10.7 Å². The molecule has 23 heavy (non-hydrogen) atoms. The minimum atomic E-state index is -3.61. The second-order valence-electron chi connectivity index (χ2n) is 4.28. The molecule has 1 N–H and O–H groups in total. The van der Waals surface area contributed by atoms with Crippen LogP contribution < -0.4 is 4.18 Å². The SMILES string of the molecule is N#CC(=N)c1ccccc1.O=[N+]([O-])c1ccc2c(c1)OS2(=O)=O. The number of hydrogen-bond donors (Lipinski definition) is 1. The fraction of sp³-hybridized carbons (Fsp3) is 0. The lowest BCUT2D eigenvalue weighted by molar-refractivity contribution is -0.385. The third-order valence-corrected chi connectivity index (χ3v) is 4.06. The van der Waals surface area contributed by atoms with Gasteiger partial charge in [0.05, 0.1) is 11.0 Å². The molecule has 0 saturated heterocycles. The van der Waals surface area contributed by atoms with Crippen LogP contribution in [0.4, 0.5) is 5.69 Å². The normalized spacial score (nSPS) is 13.0. The van der Waals surface area contributed by atoms with Gasteiger partial charge < -0.3 is 4.18 Å². The summed E-state index contributed by atoms with van der Waals surface area (Å²) in [6.07, 6.45) is 0. The number of nitrogens with zero attached hydrogens (tertiary/aromatic N) is 2. The Morgan fingerprint density at radius 2 is 1.87 bits per heavy atom. The zero-order valence-electron chi connectivity index (χ0n) is 11.5. The first-order chi connectivity index (χ1) is 10.8. The quantitative estimate of drug-likeness (QED) is 0.388. The molecule has 1 aliphatic heterocycles. The standard InChI is InChI=1S/C8H6N2.C6H3NO5S/c9-6-8(10)7-4-2-1-3-5-7;8-7(9)4-1-2-6-5(3-4)12-13(6,10)11/h1-5,10H;1-3H. The molecule has 2 aromatic rings. The van der Waals surface area contributed by atoms with Crippen molar-refractivity contribution in [2.24, 2.45) is 0 Å². The molecule has 0 atom stereocenters. The molecule has 0 spiro atoms. The molecule has 0 aliphatic carbocycles. The Kier molecular flexibility index (Phi) is 4.38. The highest BCUT2D eigenvalue weighted by atomic mass is 32.2. The van der Waals surface area contributed by atoms with Gasteiger partial charge >= 0.3 is 10.1 Å². The average molecular weight is 331 g/mol. The van der Waals surface area contributed by atoms with Gasteiger partial charge in [-0.25, -0.2) is 0 Å². The number of nitrogens with one attached hydrogen (secondary N) is 1. The Morgan fingerprint density at radius 1 is 1.22 bits per heavy atom. The third-order valence-electron chi connectivity index (χ3n) is 2.78. The van der Waals surface area contributed by atoms with Crippen LogP contribution in [0.1, 0.15) is 5.56 Å². The monoisotopic (exact) mass is 331 g/mol. The molecule has 0 amide bonds. The fourth-order valence-corrected chi connectivity index (χ4v) is 2.61. The Morgan fingerprint density at radius 3 is 2.35 bits per heavy atom. The van der Waals surface area contributed by atoms with Crippen LogP contribution in [0.25, 0.3) is 0 Å². The molecular formula is C14H9N3O5S. The fourth-order valence-electron chi connectivity index (χ4n) is 1.68. The van der Waals surface area contributed by atoms with Crippen molar-refractivity contribution in [3.05, 3.63) is 64.2 Å². The summed E-state index contributed by atoms with van der Waals surface area (Å²) in [7, 11) is -3.61. The van der Waals surface area contributed by atoms with E-state index >= 15 is 0 Å². The first kappa shape index (κ1) is 16.1. The first-order valence-corrected chi connectivity index (χ1v) is 7.53. The van der Waals surface area contributed by atoms with E-state index in [1.807, 2.05) is 6.07 Å². The van der Waals surface area contributed by atoms with Crippen LogP contribution in [0.5, 0.6) is 5.75 Å². The van der Waals surface area contributed by atoms with Gasteiger partial charge in [-0.05, 0) is 6.07 Å². The van der Waals surface area contributed by atoms with Crippen LogP contribution in [0.15, 0.2) is 53.4 Å². The van der Waals surface area contributed by atoms with E-state index in [-0.39, 0.29) is 22.0 Å². The number of fused-ring (bicyclic) bond motifs is 1. The van der Waals surface area contributed by atoms with Gasteiger partial charge in [0.1, 0.15) is 16.7 Å². The van der Waals surface area contributed by atoms with Crippen molar-refractivity contribution < 1.29 is 17.5 Å². The summed E-state index contributed by atoms with van der Waals surface area (Å²) in [6, 6.07) is 14.1. The predicted octanol–water partition coefficient (Wildman–Crippen LogP) is 2.25. The van der Waals surface area contributed by atoms with E-state index in [0.717, 1.165) is 18.2 Å². The number of nitriles is 1. The summed E-state index contributed by atoms with van der Waals surface area (Å²) < 4.78 is 25.9. The Balaban J connectivity index is 0.000000174.